The zero-order chi connectivity index (χ0) is 19.1. The highest BCUT2D eigenvalue weighted by Crippen LogP contribution is 2.31. The molecule has 0 bridgehead atoms. The van der Waals surface area contributed by atoms with Crippen LogP contribution in [0.1, 0.15) is 40.3 Å². The van der Waals surface area contributed by atoms with E-state index in [2.05, 4.69) is 15.3 Å². The molecule has 1 aliphatic carbocycles. The minimum absolute atomic E-state index is 0.0649. The van der Waals surface area contributed by atoms with Crippen LogP contribution in [-0.2, 0) is 17.8 Å². The van der Waals surface area contributed by atoms with Crippen molar-refractivity contribution in [2.24, 2.45) is 5.92 Å². The molecule has 0 saturated heterocycles. The Morgan fingerprint density at radius 2 is 1.96 bits per heavy atom. The first kappa shape index (κ1) is 17.3. The third-order valence-electron chi connectivity index (χ3n) is 5.54. The van der Waals surface area contributed by atoms with Crippen molar-refractivity contribution in [3.8, 4) is 0 Å². The summed E-state index contributed by atoms with van der Waals surface area (Å²) >= 11 is 1.48. The number of amides is 2. The maximum atomic E-state index is 13.0. The number of nitrogens with zero attached hydrogens (tertiary/aromatic N) is 3. The fourth-order valence-electron chi connectivity index (χ4n) is 3.65. The monoisotopic (exact) mass is 392 g/mol. The molecular formula is C21H20N4O2S. The summed E-state index contributed by atoms with van der Waals surface area (Å²) in [4.78, 5) is 37.1. The molecule has 1 N–H and O–H groups in total. The molecule has 142 valence electrons. The van der Waals surface area contributed by atoms with Gasteiger partial charge in [-0.15, -0.1) is 0 Å². The number of anilines is 1. The van der Waals surface area contributed by atoms with Gasteiger partial charge < -0.3 is 10.2 Å². The van der Waals surface area contributed by atoms with Gasteiger partial charge in [0.15, 0.2) is 5.13 Å². The van der Waals surface area contributed by atoms with E-state index in [-0.39, 0.29) is 17.7 Å². The maximum absolute atomic E-state index is 13.0. The standard InChI is InChI=1S/C21H20N4O2S/c26-19(14-5-3-6-14)24-21-23-16-10-11-25(12-18(16)28-21)20(27)17-9-8-13-4-1-2-7-15(13)22-17/h1-2,4,7-9,14H,3,5-6,10-12H2,(H,23,24,26). The Hall–Kier alpha value is -2.80. The lowest BCUT2D eigenvalue weighted by atomic mass is 9.85. The molecule has 1 fully saturated rings. The van der Waals surface area contributed by atoms with Crippen molar-refractivity contribution in [3.63, 3.8) is 0 Å². The lowest BCUT2D eigenvalue weighted by molar-refractivity contribution is -0.122. The number of pyridine rings is 1. The molecule has 1 aliphatic heterocycles. The highest BCUT2D eigenvalue weighted by atomic mass is 32.1. The number of hydrogen-bond donors (Lipinski definition) is 1. The van der Waals surface area contributed by atoms with Gasteiger partial charge in [0, 0.05) is 29.1 Å². The molecule has 3 heterocycles. The number of benzene rings is 1. The van der Waals surface area contributed by atoms with Crippen LogP contribution in [0.25, 0.3) is 10.9 Å². The summed E-state index contributed by atoms with van der Waals surface area (Å²) in [5.41, 5.74) is 2.28. The summed E-state index contributed by atoms with van der Waals surface area (Å²) in [6.45, 7) is 1.12. The molecule has 1 aromatic carbocycles. The lowest BCUT2D eigenvalue weighted by Gasteiger charge is -2.25. The number of rotatable bonds is 3. The number of thiazole rings is 1. The van der Waals surface area contributed by atoms with Gasteiger partial charge in [0.2, 0.25) is 5.91 Å². The zero-order valence-electron chi connectivity index (χ0n) is 15.4. The van der Waals surface area contributed by atoms with Crippen LogP contribution in [0.4, 0.5) is 5.13 Å². The number of aromatic nitrogens is 2. The highest BCUT2D eigenvalue weighted by molar-refractivity contribution is 7.15. The van der Waals surface area contributed by atoms with E-state index in [1.807, 2.05) is 35.2 Å². The normalized spacial score (nSPS) is 16.5. The van der Waals surface area contributed by atoms with Gasteiger partial charge in [0.05, 0.1) is 17.8 Å². The molecule has 2 aromatic heterocycles. The first-order valence-corrected chi connectivity index (χ1v) is 10.4. The van der Waals surface area contributed by atoms with E-state index < -0.39 is 0 Å². The van der Waals surface area contributed by atoms with Crippen LogP contribution in [0.3, 0.4) is 0 Å². The molecule has 2 amide bonds. The summed E-state index contributed by atoms with van der Waals surface area (Å²) in [6, 6.07) is 11.5. The summed E-state index contributed by atoms with van der Waals surface area (Å²) in [6.07, 6.45) is 3.77. The SMILES string of the molecule is O=C(Nc1nc2c(s1)CN(C(=O)c1ccc3ccccc3n1)CC2)C1CCC1. The van der Waals surface area contributed by atoms with E-state index in [1.54, 1.807) is 6.07 Å². The van der Waals surface area contributed by atoms with E-state index >= 15 is 0 Å². The molecule has 7 heteroatoms. The second-order valence-corrected chi connectivity index (χ2v) is 8.46. The van der Waals surface area contributed by atoms with Gasteiger partial charge in [-0.25, -0.2) is 9.97 Å². The Balaban J connectivity index is 1.31. The fraction of sp³-hybridized carbons (Fsp3) is 0.333. The lowest BCUT2D eigenvalue weighted by Crippen LogP contribution is -2.35. The molecule has 0 spiro atoms. The largest absolute Gasteiger partial charge is 0.332 e. The van der Waals surface area contributed by atoms with Crippen molar-refractivity contribution in [2.75, 3.05) is 11.9 Å². The Labute approximate surface area is 166 Å². The summed E-state index contributed by atoms with van der Waals surface area (Å²) in [7, 11) is 0. The van der Waals surface area contributed by atoms with Gasteiger partial charge in [-0.1, -0.05) is 42.0 Å². The Kier molecular flexibility index (Phi) is 4.31. The fourth-order valence-corrected chi connectivity index (χ4v) is 4.67. The van der Waals surface area contributed by atoms with Crippen molar-refractivity contribution in [2.45, 2.75) is 32.2 Å². The molecular weight excluding hydrogens is 372 g/mol. The average Bonchev–Trinajstić information content (AvgIpc) is 3.06. The van der Waals surface area contributed by atoms with E-state index in [0.29, 0.717) is 30.3 Å². The Morgan fingerprint density at radius 1 is 1.11 bits per heavy atom. The number of carbonyl (C=O) groups excluding carboxylic acids is 2. The second kappa shape index (κ2) is 6.98. The average molecular weight is 392 g/mol. The minimum Gasteiger partial charge on any atom is -0.332 e. The topological polar surface area (TPSA) is 75.2 Å². The summed E-state index contributed by atoms with van der Waals surface area (Å²) in [5, 5.41) is 4.62. The molecule has 3 aromatic rings. The highest BCUT2D eigenvalue weighted by Gasteiger charge is 2.28. The Bertz CT molecular complexity index is 1070. The molecule has 6 nitrogen and oxygen atoms in total. The van der Waals surface area contributed by atoms with Crippen LogP contribution in [-0.4, -0.2) is 33.2 Å². The molecule has 0 atom stereocenters. The first-order chi connectivity index (χ1) is 13.7. The predicted octanol–water partition coefficient (Wildman–Crippen LogP) is 3.63. The first-order valence-electron chi connectivity index (χ1n) is 9.62. The van der Waals surface area contributed by atoms with E-state index in [1.165, 1.54) is 11.3 Å². The molecule has 28 heavy (non-hydrogen) atoms. The summed E-state index contributed by atoms with van der Waals surface area (Å²) in [5.74, 6) is 0.147. The molecule has 5 rings (SSSR count). The van der Waals surface area contributed by atoms with E-state index in [4.69, 9.17) is 0 Å². The molecule has 1 saturated carbocycles. The van der Waals surface area contributed by atoms with Gasteiger partial charge in [0.1, 0.15) is 5.69 Å². The number of fused-ring (bicyclic) bond motifs is 2. The number of carbonyl (C=O) groups is 2. The predicted molar refractivity (Wildman–Crippen MR) is 108 cm³/mol. The van der Waals surface area contributed by atoms with Gasteiger partial charge in [-0.2, -0.15) is 0 Å². The van der Waals surface area contributed by atoms with Crippen LogP contribution >= 0.6 is 11.3 Å². The second-order valence-electron chi connectivity index (χ2n) is 7.37. The molecule has 2 aliphatic rings. The van der Waals surface area contributed by atoms with Gasteiger partial charge in [-0.05, 0) is 25.0 Å². The summed E-state index contributed by atoms with van der Waals surface area (Å²) < 4.78 is 0. The number of para-hydroxylation sites is 1. The molecule has 0 unspecified atom stereocenters. The molecule has 0 radical (unpaired) electrons. The van der Waals surface area contributed by atoms with Crippen LogP contribution < -0.4 is 5.32 Å². The van der Waals surface area contributed by atoms with Crippen molar-refractivity contribution < 1.29 is 9.59 Å². The van der Waals surface area contributed by atoms with Crippen molar-refractivity contribution in [1.82, 2.24) is 14.9 Å². The quantitative estimate of drug-likeness (QED) is 0.739. The minimum atomic E-state index is -0.0649. The van der Waals surface area contributed by atoms with Crippen molar-refractivity contribution >= 4 is 39.2 Å². The van der Waals surface area contributed by atoms with Crippen LogP contribution in [0.15, 0.2) is 36.4 Å². The number of hydrogen-bond acceptors (Lipinski definition) is 5. The van der Waals surface area contributed by atoms with Crippen LogP contribution in [0.5, 0.6) is 0 Å². The third kappa shape index (κ3) is 3.16. The smallest absolute Gasteiger partial charge is 0.272 e. The Morgan fingerprint density at radius 3 is 2.79 bits per heavy atom. The van der Waals surface area contributed by atoms with Crippen LogP contribution in [0, 0.1) is 5.92 Å². The van der Waals surface area contributed by atoms with E-state index in [0.717, 1.165) is 40.7 Å². The van der Waals surface area contributed by atoms with Crippen LogP contribution in [0.2, 0.25) is 0 Å². The van der Waals surface area contributed by atoms with Crippen molar-refractivity contribution in [1.29, 1.82) is 0 Å². The zero-order valence-corrected chi connectivity index (χ0v) is 16.2. The van der Waals surface area contributed by atoms with Gasteiger partial charge in [0.25, 0.3) is 5.91 Å². The van der Waals surface area contributed by atoms with E-state index in [9.17, 15) is 9.59 Å². The third-order valence-corrected chi connectivity index (χ3v) is 6.54. The number of nitrogens with one attached hydrogen (secondary N) is 1. The maximum Gasteiger partial charge on any atom is 0.272 e. The van der Waals surface area contributed by atoms with Gasteiger partial charge >= 0.3 is 0 Å². The van der Waals surface area contributed by atoms with Crippen molar-refractivity contribution in [3.05, 3.63) is 52.7 Å². The van der Waals surface area contributed by atoms with Gasteiger partial charge in [-0.3, -0.25) is 9.59 Å².